The van der Waals surface area contributed by atoms with E-state index >= 15 is 0 Å². The van der Waals surface area contributed by atoms with Crippen LogP contribution in [0.4, 0.5) is 35.1 Å². The van der Waals surface area contributed by atoms with Gasteiger partial charge in [0, 0.05) is 12.2 Å². The van der Waals surface area contributed by atoms with Gasteiger partial charge >= 0.3 is 30.1 Å². The third-order valence-corrected chi connectivity index (χ3v) is 24.8. The minimum absolute atomic E-state index is 0.145. The Balaban J connectivity index is 3.08. The van der Waals surface area contributed by atoms with E-state index in [1.807, 2.05) is 46.6 Å². The summed E-state index contributed by atoms with van der Waals surface area (Å²) in [5.41, 5.74) is -1.15. The van der Waals surface area contributed by atoms with Gasteiger partial charge in [0.2, 0.25) is 21.8 Å². The van der Waals surface area contributed by atoms with Gasteiger partial charge in [0.1, 0.15) is 5.73 Å². The molecule has 0 amide bonds. The molecular formula is C22H36F8O6Si3. The summed E-state index contributed by atoms with van der Waals surface area (Å²) in [7, 11) is -7.75. The van der Waals surface area contributed by atoms with Gasteiger partial charge in [-0.1, -0.05) is 6.92 Å². The van der Waals surface area contributed by atoms with Crippen molar-refractivity contribution in [3.63, 3.8) is 0 Å². The smallest absolute Gasteiger partial charge is 0.378 e. The normalized spacial score (nSPS) is 24.3. The van der Waals surface area contributed by atoms with Crippen molar-refractivity contribution in [3.8, 4) is 0 Å². The molecule has 0 aromatic rings. The molecule has 0 N–H and O–H groups in total. The Bertz CT molecular complexity index is 913. The van der Waals surface area contributed by atoms with Gasteiger partial charge in [-0.05, 0) is 65.5 Å². The zero-order valence-corrected chi connectivity index (χ0v) is 26.1. The Morgan fingerprint density at radius 3 is 1.87 bits per heavy atom. The second-order valence-electron chi connectivity index (χ2n) is 11.4. The number of carbonyl (C=O) groups excluding carboxylic acids is 2. The molecule has 1 fully saturated rings. The van der Waals surface area contributed by atoms with Crippen LogP contribution < -0.4 is 0 Å². The number of esters is 2. The Morgan fingerprint density at radius 2 is 1.46 bits per heavy atom. The number of rotatable bonds is 12. The molecule has 1 aliphatic heterocycles. The highest BCUT2D eigenvalue weighted by Crippen LogP contribution is 2.45. The third kappa shape index (κ3) is 8.36. The highest BCUT2D eigenvalue weighted by molar-refractivity contribution is 7.38. The minimum atomic E-state index is -6.19. The number of hydrogen-bond donors (Lipinski definition) is 0. The molecule has 39 heavy (non-hydrogen) atoms. The number of ether oxygens (including phenoxy) is 2. The van der Waals surface area contributed by atoms with Gasteiger partial charge in [0.25, 0.3) is 6.43 Å². The molecular weight excluding hydrogens is 596 g/mol. The van der Waals surface area contributed by atoms with E-state index in [-0.39, 0.29) is 6.08 Å². The first-order chi connectivity index (χ1) is 17.3. The topological polar surface area (TPSA) is 71.1 Å². The Labute approximate surface area is 225 Å². The first-order valence-electron chi connectivity index (χ1n) is 12.2. The fourth-order valence-corrected chi connectivity index (χ4v) is 27.7. The van der Waals surface area contributed by atoms with Crippen LogP contribution >= 0.6 is 0 Å². The molecule has 4 atom stereocenters. The second-order valence-corrected chi connectivity index (χ2v) is 28.7. The standard InChI is InChI=1S/C22H36F8O6Si3/c1-9-16(39(36-37(4,5)6)13-12-20(2,3)35-38(39,7)8)33-14(31)10-11-15(32)34-19(26)22(29,30)21(27,28)17(23)18(24)25/h10-11,16-19H,9,12-13H2,1-8H3. The van der Waals surface area contributed by atoms with Gasteiger partial charge < -0.3 is 18.0 Å². The lowest BCUT2D eigenvalue weighted by molar-refractivity contribution is -0.312. The van der Waals surface area contributed by atoms with Gasteiger partial charge in [-0.15, -0.1) is 0 Å². The van der Waals surface area contributed by atoms with E-state index in [2.05, 4.69) is 4.74 Å². The van der Waals surface area contributed by atoms with Crippen LogP contribution in [0.5, 0.6) is 0 Å². The van der Waals surface area contributed by atoms with Crippen LogP contribution in [0.25, 0.3) is 0 Å². The maximum atomic E-state index is 13.7. The summed E-state index contributed by atoms with van der Waals surface area (Å²) >= 11 is 0. The van der Waals surface area contributed by atoms with E-state index in [0.29, 0.717) is 25.0 Å². The average molecular weight is 633 g/mol. The number of halogens is 8. The molecule has 1 heterocycles. The van der Waals surface area contributed by atoms with Gasteiger partial charge in [0.15, 0.2) is 8.32 Å². The van der Waals surface area contributed by atoms with E-state index < -0.39 is 78.1 Å². The maximum Gasteiger partial charge on any atom is 0.378 e. The van der Waals surface area contributed by atoms with E-state index in [0.717, 1.165) is 0 Å². The van der Waals surface area contributed by atoms with Crippen molar-refractivity contribution < 1.29 is 62.7 Å². The van der Waals surface area contributed by atoms with E-state index in [1.54, 1.807) is 6.92 Å². The van der Waals surface area contributed by atoms with Crippen molar-refractivity contribution in [1.29, 1.82) is 0 Å². The molecule has 228 valence electrons. The summed E-state index contributed by atoms with van der Waals surface area (Å²) in [6.45, 7) is 15.6. The summed E-state index contributed by atoms with van der Waals surface area (Å²) in [6, 6.07) is 0.627. The Morgan fingerprint density at radius 1 is 0.974 bits per heavy atom. The molecule has 1 saturated heterocycles. The largest absolute Gasteiger partial charge is 0.460 e. The van der Waals surface area contributed by atoms with Crippen molar-refractivity contribution in [1.82, 2.24) is 0 Å². The molecule has 0 bridgehead atoms. The monoisotopic (exact) mass is 632 g/mol. The van der Waals surface area contributed by atoms with Crippen molar-refractivity contribution in [3.05, 3.63) is 12.2 Å². The molecule has 0 aromatic carbocycles. The highest BCUT2D eigenvalue weighted by atomic mass is 29.3. The lowest BCUT2D eigenvalue weighted by Crippen LogP contribution is -2.76. The fraction of sp³-hybridized carbons (Fsp3) is 0.818. The van der Waals surface area contributed by atoms with Crippen LogP contribution in [-0.2, 0) is 27.6 Å². The van der Waals surface area contributed by atoms with Gasteiger partial charge in [-0.25, -0.2) is 22.8 Å². The van der Waals surface area contributed by atoms with E-state index in [1.165, 1.54) is 0 Å². The van der Waals surface area contributed by atoms with Crippen LogP contribution in [-0.4, -0.2) is 78.1 Å². The molecule has 17 heteroatoms. The first kappa shape index (κ1) is 35.7. The summed E-state index contributed by atoms with van der Waals surface area (Å²) in [5.74, 6) is -15.5. The molecule has 0 aliphatic carbocycles. The second kappa shape index (κ2) is 12.3. The van der Waals surface area contributed by atoms with E-state index in [9.17, 15) is 44.7 Å². The van der Waals surface area contributed by atoms with Crippen LogP contribution in [0, 0.1) is 0 Å². The molecule has 0 saturated carbocycles. The van der Waals surface area contributed by atoms with Crippen LogP contribution in [0.1, 0.15) is 33.6 Å². The summed E-state index contributed by atoms with van der Waals surface area (Å²) in [5, 5.41) is 0. The Hall–Kier alpha value is -1.31. The van der Waals surface area contributed by atoms with Crippen molar-refractivity contribution in [2.24, 2.45) is 0 Å². The molecule has 4 unspecified atom stereocenters. The fourth-order valence-electron chi connectivity index (χ4n) is 4.48. The SMILES string of the molecule is CCC(OC(=O)C=CC(=O)OC(F)C(F)(F)C(F)(F)C(F)C(F)F)[Si]1(O[Si](C)(C)C)CCC(C)(C)O[Si]1(C)C. The number of alkyl halides is 8. The summed E-state index contributed by atoms with van der Waals surface area (Å²) in [4.78, 5) is 24.3. The first-order valence-corrected chi connectivity index (χ1v) is 21.7. The Kier molecular flexibility index (Phi) is 11.2. The van der Waals surface area contributed by atoms with Crippen molar-refractivity contribution >= 4 is 35.9 Å². The molecule has 6 nitrogen and oxygen atoms in total. The van der Waals surface area contributed by atoms with Crippen LogP contribution in [0.2, 0.25) is 38.8 Å². The zero-order valence-electron chi connectivity index (χ0n) is 23.1. The van der Waals surface area contributed by atoms with Crippen molar-refractivity contribution in [2.45, 2.75) is 115 Å². The molecule has 0 aromatic heterocycles. The lowest BCUT2D eigenvalue weighted by atomic mass is 10.1. The van der Waals surface area contributed by atoms with Gasteiger partial charge in [-0.3, -0.25) is 0 Å². The minimum Gasteiger partial charge on any atom is -0.460 e. The number of hydrogen-bond acceptors (Lipinski definition) is 6. The van der Waals surface area contributed by atoms with Crippen LogP contribution in [0.3, 0.4) is 0 Å². The summed E-state index contributed by atoms with van der Waals surface area (Å²) in [6.07, 6.45) is -12.2. The van der Waals surface area contributed by atoms with Crippen molar-refractivity contribution in [2.75, 3.05) is 0 Å². The molecule has 1 aliphatic rings. The molecule has 1 rings (SSSR count). The van der Waals surface area contributed by atoms with Gasteiger partial charge in [-0.2, -0.15) is 22.0 Å². The predicted octanol–water partition coefficient (Wildman–Crippen LogP) is 6.40. The average Bonchev–Trinajstić information content (AvgIpc) is 2.75. The third-order valence-electron chi connectivity index (χ3n) is 6.16. The lowest BCUT2D eigenvalue weighted by Gasteiger charge is -2.55. The molecule has 0 radical (unpaired) electrons. The summed E-state index contributed by atoms with van der Waals surface area (Å²) < 4.78 is 127. The quantitative estimate of drug-likeness (QED) is 0.107. The zero-order chi connectivity index (χ0) is 30.8. The molecule has 0 spiro atoms. The van der Waals surface area contributed by atoms with Gasteiger partial charge in [0.05, 0.1) is 5.60 Å². The number of carbonyl (C=O) groups is 2. The highest BCUT2D eigenvalue weighted by Gasteiger charge is 2.70. The predicted molar refractivity (Wildman–Crippen MR) is 133 cm³/mol. The van der Waals surface area contributed by atoms with Crippen LogP contribution in [0.15, 0.2) is 12.2 Å². The van der Waals surface area contributed by atoms with E-state index in [4.69, 9.17) is 13.3 Å². The maximum absolute atomic E-state index is 13.7.